The predicted octanol–water partition coefficient (Wildman–Crippen LogP) is 3.29. The molecule has 0 atom stereocenters. The van der Waals surface area contributed by atoms with E-state index in [0.29, 0.717) is 23.1 Å². The number of primary amides is 1. The van der Waals surface area contributed by atoms with Crippen molar-refractivity contribution in [1.82, 2.24) is 19.7 Å². The topological polar surface area (TPSA) is 142 Å². The number of ether oxygens (including phenoxy) is 1. The highest BCUT2D eigenvalue weighted by Crippen LogP contribution is 2.34. The van der Waals surface area contributed by atoms with Gasteiger partial charge in [0, 0.05) is 24.5 Å². The second kappa shape index (κ2) is 11.1. The average molecular weight is 501 g/mol. The molecule has 0 bridgehead atoms. The normalized spacial score (nSPS) is 10.8. The summed E-state index contributed by atoms with van der Waals surface area (Å²) in [6.45, 7) is 9.24. The zero-order valence-electron chi connectivity index (χ0n) is 18.9. The highest BCUT2D eigenvalue weighted by molar-refractivity contribution is 7.99. The maximum absolute atomic E-state index is 12.7. The molecule has 3 aromatic heterocycles. The standard InChI is InChI=1S/C22H24N6O4S2/c1-5-10-28-19(14-6-8-24-9-7-14)26-27-22(28)33-11-15(29)25-20-16(21(31)32-12(2)3)13(4)17(34-20)18(23)30/h5-9,12H,1,10-11H2,2-4H3,(H2,23,30)(H,25,29). The number of hydrogen-bond acceptors (Lipinski definition) is 9. The second-order valence-electron chi connectivity index (χ2n) is 7.36. The van der Waals surface area contributed by atoms with Crippen LogP contribution in [0.3, 0.4) is 0 Å². The van der Waals surface area contributed by atoms with Gasteiger partial charge in [0.1, 0.15) is 5.00 Å². The molecule has 0 aliphatic heterocycles. The summed E-state index contributed by atoms with van der Waals surface area (Å²) in [5, 5.41) is 11.9. The fourth-order valence-corrected chi connectivity index (χ4v) is 4.86. The summed E-state index contributed by atoms with van der Waals surface area (Å²) in [7, 11) is 0. The minimum absolute atomic E-state index is 0.00680. The Morgan fingerprint density at radius 3 is 2.62 bits per heavy atom. The van der Waals surface area contributed by atoms with Crippen LogP contribution in [0, 0.1) is 6.92 Å². The van der Waals surface area contributed by atoms with Gasteiger partial charge < -0.3 is 15.8 Å². The third-order valence-electron chi connectivity index (χ3n) is 4.47. The molecule has 0 radical (unpaired) electrons. The van der Waals surface area contributed by atoms with Crippen molar-refractivity contribution in [2.24, 2.45) is 5.73 Å². The van der Waals surface area contributed by atoms with Gasteiger partial charge in [-0.25, -0.2) is 4.79 Å². The fourth-order valence-electron chi connectivity index (χ4n) is 3.05. The quantitative estimate of drug-likeness (QED) is 0.245. The van der Waals surface area contributed by atoms with Gasteiger partial charge in [-0.3, -0.25) is 19.1 Å². The maximum Gasteiger partial charge on any atom is 0.341 e. The number of carbonyl (C=O) groups is 3. The molecule has 34 heavy (non-hydrogen) atoms. The lowest BCUT2D eigenvalue weighted by Crippen LogP contribution is -2.18. The largest absolute Gasteiger partial charge is 0.459 e. The number of nitrogens with two attached hydrogens (primary N) is 1. The zero-order chi connectivity index (χ0) is 24.8. The van der Waals surface area contributed by atoms with E-state index in [1.807, 2.05) is 16.7 Å². The van der Waals surface area contributed by atoms with E-state index in [1.54, 1.807) is 39.2 Å². The number of thiophene rings is 1. The molecule has 0 aliphatic carbocycles. The number of nitrogens with zero attached hydrogens (tertiary/aromatic N) is 4. The Bertz CT molecular complexity index is 1220. The summed E-state index contributed by atoms with van der Waals surface area (Å²) in [4.78, 5) is 41.3. The Balaban J connectivity index is 1.79. The summed E-state index contributed by atoms with van der Waals surface area (Å²) in [6.07, 6.45) is 4.67. The number of hydrogen-bond donors (Lipinski definition) is 2. The van der Waals surface area contributed by atoms with Crippen LogP contribution in [-0.4, -0.2) is 49.4 Å². The monoisotopic (exact) mass is 500 g/mol. The van der Waals surface area contributed by atoms with Crippen LogP contribution in [0.2, 0.25) is 0 Å². The summed E-state index contributed by atoms with van der Waals surface area (Å²) in [6, 6.07) is 3.63. The molecule has 0 unspecified atom stereocenters. The van der Waals surface area contributed by atoms with Crippen molar-refractivity contribution in [3.05, 3.63) is 53.2 Å². The number of nitrogens with one attached hydrogen (secondary N) is 1. The summed E-state index contributed by atoms with van der Waals surface area (Å²) >= 11 is 2.13. The van der Waals surface area contributed by atoms with Crippen molar-refractivity contribution < 1.29 is 19.1 Å². The number of anilines is 1. The highest BCUT2D eigenvalue weighted by atomic mass is 32.2. The molecule has 10 nitrogen and oxygen atoms in total. The van der Waals surface area contributed by atoms with Gasteiger partial charge in [0.25, 0.3) is 5.91 Å². The van der Waals surface area contributed by atoms with Crippen LogP contribution in [0.5, 0.6) is 0 Å². The van der Waals surface area contributed by atoms with E-state index < -0.39 is 11.9 Å². The van der Waals surface area contributed by atoms with Gasteiger partial charge in [-0.15, -0.1) is 28.1 Å². The van der Waals surface area contributed by atoms with E-state index >= 15 is 0 Å². The Kier molecular flexibility index (Phi) is 8.18. The first kappa shape index (κ1) is 25.1. The number of carbonyl (C=O) groups excluding carboxylic acids is 3. The molecule has 0 fully saturated rings. The lowest BCUT2D eigenvalue weighted by Gasteiger charge is -2.10. The van der Waals surface area contributed by atoms with Gasteiger partial charge in [-0.05, 0) is 38.5 Å². The smallest absolute Gasteiger partial charge is 0.341 e. The Hall–Kier alpha value is -3.51. The molecule has 178 valence electrons. The van der Waals surface area contributed by atoms with Crippen LogP contribution < -0.4 is 11.1 Å². The lowest BCUT2D eigenvalue weighted by atomic mass is 10.1. The molecule has 3 N–H and O–H groups in total. The van der Waals surface area contributed by atoms with Crippen LogP contribution in [0.25, 0.3) is 11.4 Å². The maximum atomic E-state index is 12.7. The van der Waals surface area contributed by atoms with Gasteiger partial charge in [0.05, 0.1) is 22.3 Å². The molecule has 0 saturated carbocycles. The van der Waals surface area contributed by atoms with Gasteiger partial charge in [-0.1, -0.05) is 17.8 Å². The van der Waals surface area contributed by atoms with E-state index in [9.17, 15) is 14.4 Å². The molecule has 12 heteroatoms. The van der Waals surface area contributed by atoms with E-state index in [0.717, 1.165) is 16.9 Å². The van der Waals surface area contributed by atoms with Crippen molar-refractivity contribution >= 4 is 45.9 Å². The van der Waals surface area contributed by atoms with Crippen LogP contribution >= 0.6 is 23.1 Å². The molecule has 3 aromatic rings. The van der Waals surface area contributed by atoms with Crippen LogP contribution in [-0.2, 0) is 16.1 Å². The molecule has 3 rings (SSSR count). The SMILES string of the molecule is C=CCn1c(SCC(=O)Nc2sc(C(N)=O)c(C)c2C(=O)OC(C)C)nnc1-c1ccncc1. The van der Waals surface area contributed by atoms with Crippen molar-refractivity contribution in [3.63, 3.8) is 0 Å². The van der Waals surface area contributed by atoms with Crippen molar-refractivity contribution in [3.8, 4) is 11.4 Å². The first-order chi connectivity index (χ1) is 16.2. The summed E-state index contributed by atoms with van der Waals surface area (Å²) in [5.41, 5.74) is 6.77. The fraction of sp³-hybridized carbons (Fsp3) is 0.273. The molecular weight excluding hydrogens is 476 g/mol. The predicted molar refractivity (Wildman–Crippen MR) is 131 cm³/mol. The van der Waals surface area contributed by atoms with Crippen LogP contribution in [0.1, 0.15) is 39.4 Å². The third kappa shape index (κ3) is 5.69. The van der Waals surface area contributed by atoms with Gasteiger partial charge in [0.15, 0.2) is 11.0 Å². The number of pyridine rings is 1. The van der Waals surface area contributed by atoms with E-state index in [-0.39, 0.29) is 33.2 Å². The van der Waals surface area contributed by atoms with Crippen molar-refractivity contribution in [1.29, 1.82) is 0 Å². The molecule has 0 aliphatic rings. The number of thioether (sulfide) groups is 1. The van der Waals surface area contributed by atoms with E-state index in [2.05, 4.69) is 27.1 Å². The number of rotatable bonds is 10. The third-order valence-corrected chi connectivity index (χ3v) is 6.66. The summed E-state index contributed by atoms with van der Waals surface area (Å²) in [5.74, 6) is -1.08. The number of allylic oxidation sites excluding steroid dienone is 1. The van der Waals surface area contributed by atoms with E-state index in [4.69, 9.17) is 10.5 Å². The molecule has 0 saturated heterocycles. The number of esters is 1. The van der Waals surface area contributed by atoms with E-state index in [1.165, 1.54) is 11.8 Å². The van der Waals surface area contributed by atoms with Crippen molar-refractivity contribution in [2.75, 3.05) is 11.1 Å². The Labute approximate surface area is 204 Å². The Morgan fingerprint density at radius 1 is 1.29 bits per heavy atom. The average Bonchev–Trinajstić information content (AvgIpc) is 3.33. The molecule has 2 amide bonds. The second-order valence-corrected chi connectivity index (χ2v) is 9.32. The number of aromatic nitrogens is 4. The lowest BCUT2D eigenvalue weighted by molar-refractivity contribution is -0.113. The molecule has 0 spiro atoms. The van der Waals surface area contributed by atoms with Gasteiger partial charge in [-0.2, -0.15) is 0 Å². The molecule has 3 heterocycles. The number of amides is 2. The molecular formula is C22H24N6O4S2. The first-order valence-corrected chi connectivity index (χ1v) is 12.0. The van der Waals surface area contributed by atoms with Crippen LogP contribution in [0.15, 0.2) is 42.3 Å². The minimum atomic E-state index is -0.683. The molecule has 0 aromatic carbocycles. The van der Waals surface area contributed by atoms with Gasteiger partial charge in [0.2, 0.25) is 5.91 Å². The Morgan fingerprint density at radius 2 is 2.00 bits per heavy atom. The zero-order valence-corrected chi connectivity index (χ0v) is 20.5. The first-order valence-electron chi connectivity index (χ1n) is 10.2. The summed E-state index contributed by atoms with van der Waals surface area (Å²) < 4.78 is 7.11. The van der Waals surface area contributed by atoms with Gasteiger partial charge >= 0.3 is 5.97 Å². The minimum Gasteiger partial charge on any atom is -0.459 e. The highest BCUT2D eigenvalue weighted by Gasteiger charge is 2.26. The van der Waals surface area contributed by atoms with Crippen LogP contribution in [0.4, 0.5) is 5.00 Å². The van der Waals surface area contributed by atoms with Crippen molar-refractivity contribution in [2.45, 2.75) is 38.6 Å².